The average molecular weight is 390 g/mol. The van der Waals surface area contributed by atoms with Crippen molar-refractivity contribution >= 4 is 17.2 Å². The largest absolute Gasteiger partial charge is 0.353 e. The predicted octanol–water partition coefficient (Wildman–Crippen LogP) is 3.50. The van der Waals surface area contributed by atoms with Gasteiger partial charge in [0.15, 0.2) is 17.3 Å². The van der Waals surface area contributed by atoms with Crippen LogP contribution in [0.1, 0.15) is 62.0 Å². The van der Waals surface area contributed by atoms with Crippen LogP contribution < -0.4 is 4.90 Å². The number of carbonyl (C=O) groups is 1. The van der Waals surface area contributed by atoms with Crippen molar-refractivity contribution in [1.82, 2.24) is 19.6 Å². The number of ketones is 1. The number of anilines is 1. The molecule has 0 bridgehead atoms. The molecule has 6 nitrogen and oxygen atoms in total. The third-order valence-electron chi connectivity index (χ3n) is 6.44. The predicted molar refractivity (Wildman–Crippen MR) is 112 cm³/mol. The van der Waals surface area contributed by atoms with E-state index in [1.165, 1.54) is 25.7 Å². The number of carbonyl (C=O) groups excluding carboxylic acids is 1. The fourth-order valence-corrected chi connectivity index (χ4v) is 4.67. The summed E-state index contributed by atoms with van der Waals surface area (Å²) in [6, 6.07) is 6.37. The van der Waals surface area contributed by atoms with Gasteiger partial charge in [0, 0.05) is 43.7 Å². The highest BCUT2D eigenvalue weighted by Crippen LogP contribution is 2.36. The van der Waals surface area contributed by atoms with Gasteiger partial charge < -0.3 is 4.90 Å². The molecule has 0 unspecified atom stereocenters. The zero-order valence-corrected chi connectivity index (χ0v) is 17.2. The molecule has 1 aliphatic heterocycles. The molecule has 1 aliphatic carbocycles. The highest BCUT2D eigenvalue weighted by molar-refractivity contribution is 5.95. The third kappa shape index (κ3) is 3.20. The van der Waals surface area contributed by atoms with E-state index in [9.17, 15) is 4.79 Å². The molecule has 150 valence electrons. The molecule has 2 aliphatic rings. The molecule has 1 aromatic carbocycles. The van der Waals surface area contributed by atoms with Gasteiger partial charge in [0.1, 0.15) is 5.78 Å². The minimum atomic E-state index is -0.372. The van der Waals surface area contributed by atoms with E-state index in [1.54, 1.807) is 0 Å². The third-order valence-corrected chi connectivity index (χ3v) is 6.44. The summed E-state index contributed by atoms with van der Waals surface area (Å²) in [5, 5.41) is 4.70. The maximum absolute atomic E-state index is 12.3. The van der Waals surface area contributed by atoms with E-state index in [-0.39, 0.29) is 5.41 Å². The second-order valence-corrected chi connectivity index (χ2v) is 8.84. The fraction of sp³-hybridized carbons (Fsp3) is 0.478. The van der Waals surface area contributed by atoms with E-state index in [0.29, 0.717) is 18.6 Å². The number of fused-ring (bicyclic) bond motifs is 2. The van der Waals surface area contributed by atoms with E-state index >= 15 is 0 Å². The fourth-order valence-electron chi connectivity index (χ4n) is 4.67. The van der Waals surface area contributed by atoms with Crippen LogP contribution in [0.3, 0.4) is 0 Å². The van der Waals surface area contributed by atoms with Crippen molar-refractivity contribution in [1.29, 1.82) is 0 Å². The van der Waals surface area contributed by atoms with Crippen LogP contribution in [0.5, 0.6) is 0 Å². The first-order chi connectivity index (χ1) is 14.0. The molecule has 0 N–H and O–H groups in total. The van der Waals surface area contributed by atoms with Crippen LogP contribution in [0.4, 0.5) is 5.82 Å². The standard InChI is InChI=1S/C23H27N5O/c1-23(2)18-8-7-16(13-17(18)15-19(23)29)14-20-25-22-21(24-9-12-28(22)26-20)27-10-5-3-4-6-11-27/h7-9,12-13H,3-6,10-11,14-15H2,1-2H3. The number of hydrogen-bond donors (Lipinski definition) is 0. The van der Waals surface area contributed by atoms with Crippen LogP contribution in [0, 0.1) is 0 Å². The Morgan fingerprint density at radius 3 is 2.69 bits per heavy atom. The molecule has 3 aromatic rings. The minimum absolute atomic E-state index is 0.295. The molecule has 5 rings (SSSR count). The number of rotatable bonds is 3. The van der Waals surface area contributed by atoms with Gasteiger partial charge in [-0.25, -0.2) is 14.5 Å². The Hall–Kier alpha value is -2.76. The van der Waals surface area contributed by atoms with Crippen LogP contribution >= 0.6 is 0 Å². The first-order valence-electron chi connectivity index (χ1n) is 10.6. The van der Waals surface area contributed by atoms with Gasteiger partial charge in [-0.05, 0) is 43.4 Å². The summed E-state index contributed by atoms with van der Waals surface area (Å²) in [7, 11) is 0. The van der Waals surface area contributed by atoms with Crippen molar-refractivity contribution in [3.63, 3.8) is 0 Å². The monoisotopic (exact) mass is 389 g/mol. The lowest BCUT2D eigenvalue weighted by Gasteiger charge is -2.21. The van der Waals surface area contributed by atoms with Crippen molar-refractivity contribution in [2.45, 2.75) is 57.8 Å². The first kappa shape index (κ1) is 18.3. The van der Waals surface area contributed by atoms with E-state index in [2.05, 4.69) is 28.1 Å². The highest BCUT2D eigenvalue weighted by Gasteiger charge is 2.37. The maximum atomic E-state index is 12.3. The summed E-state index contributed by atoms with van der Waals surface area (Å²) in [5.41, 5.74) is 3.91. The lowest BCUT2D eigenvalue weighted by molar-refractivity contribution is -0.121. The maximum Gasteiger partial charge on any atom is 0.198 e. The summed E-state index contributed by atoms with van der Waals surface area (Å²) < 4.78 is 1.85. The lowest BCUT2D eigenvalue weighted by Crippen LogP contribution is -2.25. The Balaban J connectivity index is 1.44. The Kier molecular flexibility index (Phi) is 4.37. The number of benzene rings is 1. The Labute approximate surface area is 171 Å². The van der Waals surface area contributed by atoms with Gasteiger partial charge in [-0.2, -0.15) is 5.10 Å². The van der Waals surface area contributed by atoms with E-state index in [4.69, 9.17) is 10.1 Å². The van der Waals surface area contributed by atoms with Gasteiger partial charge in [-0.1, -0.05) is 31.0 Å². The molecular formula is C23H27N5O. The zero-order valence-electron chi connectivity index (χ0n) is 17.2. The summed E-state index contributed by atoms with van der Waals surface area (Å²) >= 11 is 0. The van der Waals surface area contributed by atoms with Crippen LogP contribution in [-0.2, 0) is 23.1 Å². The SMILES string of the molecule is CC1(C)C(=O)Cc2cc(Cc3nc4c(N5CCCCCC5)nccn4n3)ccc21. The minimum Gasteiger partial charge on any atom is -0.353 e. The molecule has 2 aromatic heterocycles. The van der Waals surface area contributed by atoms with Crippen molar-refractivity contribution in [3.05, 3.63) is 53.1 Å². The molecule has 0 atom stereocenters. The van der Waals surface area contributed by atoms with Crippen molar-refractivity contribution in [3.8, 4) is 0 Å². The van der Waals surface area contributed by atoms with Gasteiger partial charge in [-0.3, -0.25) is 4.79 Å². The van der Waals surface area contributed by atoms with E-state index in [0.717, 1.165) is 47.1 Å². The summed E-state index contributed by atoms with van der Waals surface area (Å²) in [5.74, 6) is 2.02. The second kappa shape index (κ2) is 6.94. The van der Waals surface area contributed by atoms with Crippen LogP contribution in [0.2, 0.25) is 0 Å². The Bertz CT molecular complexity index is 1080. The molecule has 1 saturated heterocycles. The first-order valence-corrected chi connectivity index (χ1v) is 10.6. The Morgan fingerprint density at radius 2 is 1.90 bits per heavy atom. The van der Waals surface area contributed by atoms with Gasteiger partial charge in [0.2, 0.25) is 0 Å². The highest BCUT2D eigenvalue weighted by atomic mass is 16.1. The number of Topliss-reactive ketones (excluding diaryl/α,β-unsaturated/α-hetero) is 1. The topological polar surface area (TPSA) is 63.4 Å². The zero-order chi connectivity index (χ0) is 20.0. The molecule has 0 amide bonds. The molecule has 0 saturated carbocycles. The molecule has 29 heavy (non-hydrogen) atoms. The van der Waals surface area contributed by atoms with Crippen molar-refractivity contribution < 1.29 is 4.79 Å². The van der Waals surface area contributed by atoms with E-state index < -0.39 is 0 Å². The molecular weight excluding hydrogens is 362 g/mol. The number of hydrogen-bond acceptors (Lipinski definition) is 5. The number of nitrogens with zero attached hydrogens (tertiary/aromatic N) is 5. The van der Waals surface area contributed by atoms with Crippen LogP contribution in [0.15, 0.2) is 30.6 Å². The molecule has 3 heterocycles. The van der Waals surface area contributed by atoms with Crippen LogP contribution in [0.25, 0.3) is 5.65 Å². The molecule has 6 heteroatoms. The second-order valence-electron chi connectivity index (χ2n) is 8.84. The van der Waals surface area contributed by atoms with Gasteiger partial charge in [0.25, 0.3) is 0 Å². The summed E-state index contributed by atoms with van der Waals surface area (Å²) in [6.07, 6.45) is 9.85. The van der Waals surface area contributed by atoms with Gasteiger partial charge >= 0.3 is 0 Å². The quantitative estimate of drug-likeness (QED) is 0.686. The molecule has 0 radical (unpaired) electrons. The van der Waals surface area contributed by atoms with Crippen LogP contribution in [-0.4, -0.2) is 38.5 Å². The Morgan fingerprint density at radius 1 is 1.10 bits per heavy atom. The van der Waals surface area contributed by atoms with Crippen molar-refractivity contribution in [2.24, 2.45) is 0 Å². The van der Waals surface area contributed by atoms with Gasteiger partial charge in [0.05, 0.1) is 0 Å². The lowest BCUT2D eigenvalue weighted by atomic mass is 9.85. The molecule has 1 fully saturated rings. The van der Waals surface area contributed by atoms with E-state index in [1.807, 2.05) is 30.8 Å². The average Bonchev–Trinajstić information content (AvgIpc) is 3.05. The smallest absolute Gasteiger partial charge is 0.198 e. The molecule has 0 spiro atoms. The summed E-state index contributed by atoms with van der Waals surface area (Å²) in [4.78, 5) is 24.1. The van der Waals surface area contributed by atoms with Gasteiger partial charge in [-0.15, -0.1) is 0 Å². The number of aromatic nitrogens is 4. The van der Waals surface area contributed by atoms with Crippen molar-refractivity contribution in [2.75, 3.05) is 18.0 Å². The summed E-state index contributed by atoms with van der Waals surface area (Å²) in [6.45, 7) is 6.09. The normalized spacial score (nSPS) is 18.8.